The molecule has 0 radical (unpaired) electrons. The summed E-state index contributed by atoms with van der Waals surface area (Å²) in [4.78, 5) is 14.5. The molecule has 1 fully saturated rings. The highest BCUT2D eigenvalue weighted by Crippen LogP contribution is 2.39. The topological polar surface area (TPSA) is 103 Å². The molecule has 4 N–H and O–H groups in total. The van der Waals surface area contributed by atoms with Crippen molar-refractivity contribution < 1.29 is 10.2 Å². The van der Waals surface area contributed by atoms with Gasteiger partial charge in [-0.05, 0) is 58.2 Å². The summed E-state index contributed by atoms with van der Waals surface area (Å²) >= 11 is 1.59. The molecule has 4 aromatic rings. The van der Waals surface area contributed by atoms with Crippen LogP contribution in [-0.2, 0) is 0 Å². The van der Waals surface area contributed by atoms with Crippen LogP contribution < -0.4 is 10.6 Å². The van der Waals surface area contributed by atoms with E-state index in [1.54, 1.807) is 18.3 Å². The molecule has 4 unspecified atom stereocenters. The van der Waals surface area contributed by atoms with Crippen molar-refractivity contribution in [3.05, 3.63) is 65.4 Å². The Hall–Kier alpha value is -3.07. The lowest BCUT2D eigenvalue weighted by molar-refractivity contribution is -0.0439. The number of nitrogens with one attached hydrogen (secondary N) is 2. The number of para-hydroxylation sites is 1. The number of rotatable bonds is 6. The summed E-state index contributed by atoms with van der Waals surface area (Å²) in [6.07, 6.45) is 0.382. The Balaban J connectivity index is 1.54. The van der Waals surface area contributed by atoms with E-state index in [0.29, 0.717) is 24.6 Å². The number of aromatic nitrogens is 3. The Labute approximate surface area is 209 Å². The van der Waals surface area contributed by atoms with Crippen LogP contribution in [0.2, 0.25) is 0 Å². The molecule has 1 aliphatic rings. The molecule has 0 aliphatic heterocycles. The minimum Gasteiger partial charge on any atom is -0.390 e. The van der Waals surface area contributed by atoms with E-state index in [0.717, 1.165) is 32.0 Å². The van der Waals surface area contributed by atoms with Crippen molar-refractivity contribution in [3.8, 4) is 10.6 Å². The third-order valence-corrected chi connectivity index (χ3v) is 7.99. The van der Waals surface area contributed by atoms with E-state index < -0.39 is 11.7 Å². The van der Waals surface area contributed by atoms with Crippen molar-refractivity contribution in [2.45, 2.75) is 64.3 Å². The average Bonchev–Trinajstić information content (AvgIpc) is 3.35. The highest BCUT2D eigenvalue weighted by molar-refractivity contribution is 7.21. The van der Waals surface area contributed by atoms with Gasteiger partial charge in [0.25, 0.3) is 0 Å². The van der Waals surface area contributed by atoms with Crippen molar-refractivity contribution in [1.82, 2.24) is 15.0 Å². The number of aliphatic hydroxyl groups excluding tert-OH is 1. The maximum absolute atomic E-state index is 10.9. The van der Waals surface area contributed by atoms with Gasteiger partial charge < -0.3 is 20.8 Å². The zero-order valence-corrected chi connectivity index (χ0v) is 21.2. The fraction of sp³-hybridized carbons (Fsp3) is 0.370. The molecule has 182 valence electrons. The third-order valence-electron chi connectivity index (χ3n) is 6.94. The SMILES string of the molecule is Cc1ccc(C(C)Nc2nc(C)c(-c3nc4ccccc4s3)c(NC3CCC(O)C3(C)O)n2)cc1. The standard InChI is InChI=1S/C27H31N5O2S/c1-15-9-11-18(12-10-15)16(2)28-26-29-17(3)23(25-30-19-7-5-6-8-20(19)35-25)24(32-26)31-21-13-14-22(33)27(21,4)34/h5-12,16,21-22,33-34H,13-14H2,1-4H3,(H2,28,29,31,32). The molecular formula is C27H31N5O2S. The van der Waals surface area contributed by atoms with Crippen molar-refractivity contribution >= 4 is 33.3 Å². The summed E-state index contributed by atoms with van der Waals surface area (Å²) in [5.41, 5.74) is 3.63. The van der Waals surface area contributed by atoms with E-state index in [1.807, 2.05) is 25.1 Å². The smallest absolute Gasteiger partial charge is 0.225 e. The molecule has 35 heavy (non-hydrogen) atoms. The van der Waals surface area contributed by atoms with Gasteiger partial charge in [0.15, 0.2) is 0 Å². The molecule has 7 nitrogen and oxygen atoms in total. The molecule has 8 heteroatoms. The fourth-order valence-corrected chi connectivity index (χ4v) is 5.70. The summed E-state index contributed by atoms with van der Waals surface area (Å²) < 4.78 is 1.09. The van der Waals surface area contributed by atoms with Gasteiger partial charge in [-0.3, -0.25) is 0 Å². The number of aryl methyl sites for hydroxylation is 2. The quantitative estimate of drug-likeness (QED) is 0.294. The van der Waals surface area contributed by atoms with Gasteiger partial charge in [0.2, 0.25) is 5.95 Å². The second-order valence-corrected chi connectivity index (χ2v) is 10.7. The summed E-state index contributed by atoms with van der Waals surface area (Å²) in [6, 6.07) is 16.1. The van der Waals surface area contributed by atoms with Gasteiger partial charge in [-0.2, -0.15) is 4.98 Å². The number of anilines is 2. The van der Waals surface area contributed by atoms with Crippen molar-refractivity contribution in [3.63, 3.8) is 0 Å². The van der Waals surface area contributed by atoms with Crippen LogP contribution in [0.15, 0.2) is 48.5 Å². The Kier molecular flexibility index (Phi) is 6.21. The van der Waals surface area contributed by atoms with E-state index in [4.69, 9.17) is 15.0 Å². The molecule has 2 aromatic carbocycles. The van der Waals surface area contributed by atoms with E-state index in [1.165, 1.54) is 5.56 Å². The van der Waals surface area contributed by atoms with E-state index >= 15 is 0 Å². The first-order chi connectivity index (χ1) is 16.7. The van der Waals surface area contributed by atoms with Gasteiger partial charge in [0.05, 0.1) is 39.7 Å². The number of hydrogen-bond donors (Lipinski definition) is 4. The van der Waals surface area contributed by atoms with Gasteiger partial charge in [0.1, 0.15) is 16.4 Å². The Morgan fingerprint density at radius 2 is 1.77 bits per heavy atom. The van der Waals surface area contributed by atoms with E-state index in [9.17, 15) is 10.2 Å². The second kappa shape index (κ2) is 9.18. The average molecular weight is 490 g/mol. The van der Waals surface area contributed by atoms with Crippen LogP contribution in [-0.4, -0.2) is 42.9 Å². The number of fused-ring (bicyclic) bond motifs is 1. The van der Waals surface area contributed by atoms with Crippen LogP contribution in [0.5, 0.6) is 0 Å². The van der Waals surface area contributed by atoms with Crippen molar-refractivity contribution in [2.24, 2.45) is 0 Å². The number of thiazole rings is 1. The number of benzene rings is 2. The lowest BCUT2D eigenvalue weighted by atomic mass is 9.98. The van der Waals surface area contributed by atoms with Crippen LogP contribution in [0, 0.1) is 13.8 Å². The summed E-state index contributed by atoms with van der Waals surface area (Å²) in [5, 5.41) is 28.9. The Morgan fingerprint density at radius 3 is 2.46 bits per heavy atom. The van der Waals surface area contributed by atoms with Gasteiger partial charge in [-0.1, -0.05) is 42.0 Å². The molecular weight excluding hydrogens is 458 g/mol. The maximum Gasteiger partial charge on any atom is 0.225 e. The zero-order chi connectivity index (χ0) is 24.7. The molecule has 0 amide bonds. The van der Waals surface area contributed by atoms with Crippen LogP contribution in [0.1, 0.15) is 49.6 Å². The lowest BCUT2D eigenvalue weighted by Gasteiger charge is -2.30. The summed E-state index contributed by atoms with van der Waals surface area (Å²) in [5.74, 6) is 1.11. The molecule has 2 heterocycles. The Morgan fingerprint density at radius 1 is 1.03 bits per heavy atom. The normalized spacial score (nSPS) is 22.9. The molecule has 1 aliphatic carbocycles. The molecule has 2 aromatic heterocycles. The lowest BCUT2D eigenvalue weighted by Crippen LogP contribution is -2.47. The first kappa shape index (κ1) is 23.7. The molecule has 0 spiro atoms. The van der Waals surface area contributed by atoms with Crippen molar-refractivity contribution in [2.75, 3.05) is 10.6 Å². The van der Waals surface area contributed by atoms with Gasteiger partial charge >= 0.3 is 0 Å². The highest BCUT2D eigenvalue weighted by atomic mass is 32.1. The van der Waals surface area contributed by atoms with E-state index in [2.05, 4.69) is 54.8 Å². The maximum atomic E-state index is 10.9. The van der Waals surface area contributed by atoms with Crippen LogP contribution >= 0.6 is 11.3 Å². The van der Waals surface area contributed by atoms with E-state index in [-0.39, 0.29) is 12.1 Å². The van der Waals surface area contributed by atoms with Gasteiger partial charge in [-0.25, -0.2) is 9.97 Å². The third kappa shape index (κ3) is 4.61. The van der Waals surface area contributed by atoms with Crippen LogP contribution in [0.3, 0.4) is 0 Å². The summed E-state index contributed by atoms with van der Waals surface area (Å²) in [7, 11) is 0. The predicted octanol–water partition coefficient (Wildman–Crippen LogP) is 5.23. The largest absolute Gasteiger partial charge is 0.390 e. The van der Waals surface area contributed by atoms with Gasteiger partial charge in [0, 0.05) is 0 Å². The molecule has 0 bridgehead atoms. The monoisotopic (exact) mass is 489 g/mol. The minimum atomic E-state index is -1.26. The Bertz CT molecular complexity index is 1320. The zero-order valence-electron chi connectivity index (χ0n) is 20.4. The molecule has 5 rings (SSSR count). The summed E-state index contributed by atoms with van der Waals surface area (Å²) in [6.45, 7) is 7.78. The molecule has 4 atom stereocenters. The van der Waals surface area contributed by atoms with Crippen LogP contribution in [0.25, 0.3) is 20.8 Å². The van der Waals surface area contributed by atoms with Crippen LogP contribution in [0.4, 0.5) is 11.8 Å². The highest BCUT2D eigenvalue weighted by Gasteiger charge is 2.45. The first-order valence-electron chi connectivity index (χ1n) is 12.0. The number of hydrogen-bond acceptors (Lipinski definition) is 8. The number of aliphatic hydroxyl groups is 2. The van der Waals surface area contributed by atoms with Crippen molar-refractivity contribution in [1.29, 1.82) is 0 Å². The minimum absolute atomic E-state index is 0.00700. The fourth-order valence-electron chi connectivity index (χ4n) is 4.63. The predicted molar refractivity (Wildman–Crippen MR) is 142 cm³/mol. The van der Waals surface area contributed by atoms with Gasteiger partial charge in [-0.15, -0.1) is 11.3 Å². The second-order valence-electron chi connectivity index (χ2n) is 9.64. The number of nitrogens with zero attached hydrogens (tertiary/aromatic N) is 3. The first-order valence-corrected chi connectivity index (χ1v) is 12.8. The molecule has 0 saturated heterocycles. The molecule has 1 saturated carbocycles.